The molecule has 37 heavy (non-hydrogen) atoms. The molecule has 188 valence electrons. The summed E-state index contributed by atoms with van der Waals surface area (Å²) in [5.41, 5.74) is 2.95. The Bertz CT molecular complexity index is 1390. The molecule has 1 aliphatic rings. The van der Waals surface area contributed by atoms with Gasteiger partial charge >= 0.3 is 0 Å². The predicted molar refractivity (Wildman–Crippen MR) is 147 cm³/mol. The number of aryl methyl sites for hydroxylation is 1. The van der Waals surface area contributed by atoms with Crippen LogP contribution in [0.25, 0.3) is 6.08 Å². The van der Waals surface area contributed by atoms with Crippen molar-refractivity contribution < 1.29 is 23.9 Å². The maximum Gasteiger partial charge on any atom is 0.294 e. The molecule has 3 aromatic rings. The van der Waals surface area contributed by atoms with E-state index < -0.39 is 17.1 Å². The third-order valence-electron chi connectivity index (χ3n) is 5.17. The molecule has 10 heteroatoms. The largest absolute Gasteiger partial charge is 0.484 e. The molecule has 1 saturated heterocycles. The summed E-state index contributed by atoms with van der Waals surface area (Å²) in [6, 6.07) is 21.3. The molecule has 4 amide bonds. The van der Waals surface area contributed by atoms with E-state index in [0.717, 1.165) is 22.2 Å². The van der Waals surface area contributed by atoms with Crippen LogP contribution in [0.15, 0.2) is 82.2 Å². The Hall–Kier alpha value is -3.89. The second-order valence-electron chi connectivity index (χ2n) is 8.07. The van der Waals surface area contributed by atoms with Gasteiger partial charge in [0.15, 0.2) is 6.61 Å². The summed E-state index contributed by atoms with van der Waals surface area (Å²) in [4.78, 5) is 50.8. The number of para-hydroxylation sites is 1. The van der Waals surface area contributed by atoms with Crippen molar-refractivity contribution in [2.75, 3.05) is 23.8 Å². The van der Waals surface area contributed by atoms with Gasteiger partial charge in [0.2, 0.25) is 5.91 Å². The van der Waals surface area contributed by atoms with E-state index in [1.54, 1.807) is 54.6 Å². The van der Waals surface area contributed by atoms with Crippen molar-refractivity contribution in [2.24, 2.45) is 0 Å². The fraction of sp³-hybridized carbons (Fsp3) is 0.111. The normalized spacial score (nSPS) is 14.1. The quantitative estimate of drug-likeness (QED) is 0.344. The van der Waals surface area contributed by atoms with Crippen LogP contribution in [0.1, 0.15) is 11.1 Å². The van der Waals surface area contributed by atoms with E-state index in [0.29, 0.717) is 27.2 Å². The molecule has 1 heterocycles. The molecular formula is C27H22BrN3O5S. The summed E-state index contributed by atoms with van der Waals surface area (Å²) in [6.07, 6.45) is 1.57. The highest BCUT2D eigenvalue weighted by atomic mass is 79.9. The van der Waals surface area contributed by atoms with Crippen LogP contribution in [0.5, 0.6) is 5.75 Å². The van der Waals surface area contributed by atoms with Crippen molar-refractivity contribution in [3.63, 3.8) is 0 Å². The Morgan fingerprint density at radius 3 is 2.46 bits per heavy atom. The topological polar surface area (TPSA) is 105 Å². The summed E-state index contributed by atoms with van der Waals surface area (Å²) in [5, 5.41) is 4.94. The molecule has 0 unspecified atom stereocenters. The molecule has 0 aliphatic carbocycles. The van der Waals surface area contributed by atoms with Crippen molar-refractivity contribution in [3.8, 4) is 5.75 Å². The van der Waals surface area contributed by atoms with Gasteiger partial charge in [0.25, 0.3) is 17.1 Å². The van der Waals surface area contributed by atoms with E-state index in [1.807, 2.05) is 31.2 Å². The highest BCUT2D eigenvalue weighted by molar-refractivity contribution is 9.10. The van der Waals surface area contributed by atoms with Crippen molar-refractivity contribution in [1.29, 1.82) is 0 Å². The SMILES string of the molecule is Cc1cccc(NC(=O)COc2ccc(/C=C3/SC(=O)N(CC(=O)Nc4ccccc4Br)C3=O)cc2)c1. The Balaban J connectivity index is 1.31. The Labute approximate surface area is 226 Å². The molecule has 2 N–H and O–H groups in total. The Kier molecular flexibility index (Phi) is 8.42. The van der Waals surface area contributed by atoms with Crippen molar-refractivity contribution >= 4 is 68.1 Å². The minimum Gasteiger partial charge on any atom is -0.484 e. The number of anilines is 2. The van der Waals surface area contributed by atoms with Crippen molar-refractivity contribution in [1.82, 2.24) is 4.90 Å². The summed E-state index contributed by atoms with van der Waals surface area (Å²) in [7, 11) is 0. The lowest BCUT2D eigenvalue weighted by Crippen LogP contribution is -2.36. The van der Waals surface area contributed by atoms with Crippen LogP contribution in [0, 0.1) is 6.92 Å². The lowest BCUT2D eigenvalue weighted by molar-refractivity contribution is -0.127. The second kappa shape index (κ2) is 11.9. The highest BCUT2D eigenvalue weighted by Gasteiger charge is 2.36. The van der Waals surface area contributed by atoms with E-state index >= 15 is 0 Å². The molecule has 0 atom stereocenters. The van der Waals surface area contributed by atoms with Crippen LogP contribution in [0.4, 0.5) is 16.2 Å². The molecule has 0 aromatic heterocycles. The summed E-state index contributed by atoms with van der Waals surface area (Å²) in [5.74, 6) is -0.825. The predicted octanol–water partition coefficient (Wildman–Crippen LogP) is 5.45. The minimum atomic E-state index is -0.537. The first-order chi connectivity index (χ1) is 17.8. The fourth-order valence-corrected chi connectivity index (χ4v) is 4.63. The Morgan fingerprint density at radius 2 is 1.73 bits per heavy atom. The molecule has 0 bridgehead atoms. The van der Waals surface area contributed by atoms with Crippen molar-refractivity contribution in [2.45, 2.75) is 6.92 Å². The van der Waals surface area contributed by atoms with E-state index in [4.69, 9.17) is 4.74 Å². The number of thioether (sulfide) groups is 1. The van der Waals surface area contributed by atoms with Gasteiger partial charge in [-0.15, -0.1) is 0 Å². The smallest absolute Gasteiger partial charge is 0.294 e. The van der Waals surface area contributed by atoms with Crippen LogP contribution < -0.4 is 15.4 Å². The number of amides is 4. The number of nitrogens with one attached hydrogen (secondary N) is 2. The lowest BCUT2D eigenvalue weighted by Gasteiger charge is -2.13. The molecule has 8 nitrogen and oxygen atoms in total. The van der Waals surface area contributed by atoms with Gasteiger partial charge in [0.05, 0.1) is 10.6 Å². The maximum absolute atomic E-state index is 12.7. The molecule has 1 aliphatic heterocycles. The van der Waals surface area contributed by atoms with Gasteiger partial charge in [-0.05, 0) is 88.2 Å². The zero-order valence-corrected chi connectivity index (χ0v) is 22.1. The molecule has 0 spiro atoms. The van der Waals surface area contributed by atoms with E-state index in [1.165, 1.54) is 0 Å². The van der Waals surface area contributed by atoms with Crippen molar-refractivity contribution in [3.05, 3.63) is 93.3 Å². The monoisotopic (exact) mass is 579 g/mol. The summed E-state index contributed by atoms with van der Waals surface area (Å²) in [6.45, 7) is 1.39. The molecule has 3 aromatic carbocycles. The third-order valence-corrected chi connectivity index (χ3v) is 6.77. The number of rotatable bonds is 8. The number of hydrogen-bond acceptors (Lipinski definition) is 6. The van der Waals surface area contributed by atoms with Crippen LogP contribution in [0.2, 0.25) is 0 Å². The number of benzene rings is 3. The Morgan fingerprint density at radius 1 is 0.973 bits per heavy atom. The van der Waals surface area contributed by atoms with Crippen LogP contribution in [-0.2, 0) is 14.4 Å². The van der Waals surface area contributed by atoms with E-state index in [9.17, 15) is 19.2 Å². The average molecular weight is 580 g/mol. The number of imide groups is 1. The molecule has 0 radical (unpaired) electrons. The van der Waals surface area contributed by atoms with Crippen LogP contribution in [-0.4, -0.2) is 41.0 Å². The molecule has 0 saturated carbocycles. The third kappa shape index (κ3) is 7.08. The van der Waals surface area contributed by atoms with Gasteiger partial charge in [-0.25, -0.2) is 0 Å². The second-order valence-corrected chi connectivity index (χ2v) is 9.92. The van der Waals surface area contributed by atoms with E-state index in [2.05, 4.69) is 26.6 Å². The molecule has 4 rings (SSSR count). The van der Waals surface area contributed by atoms with E-state index in [-0.39, 0.29) is 24.0 Å². The summed E-state index contributed by atoms with van der Waals surface area (Å²) >= 11 is 4.11. The first kappa shape index (κ1) is 26.2. The molecular weight excluding hydrogens is 558 g/mol. The maximum atomic E-state index is 12.7. The standard InChI is InChI=1S/C27H22BrN3O5S/c1-17-5-4-6-19(13-17)29-25(33)16-36-20-11-9-18(10-12-20)14-23-26(34)31(27(35)37-23)15-24(32)30-22-8-3-2-7-21(22)28/h2-14H,15-16H2,1H3,(H,29,33)(H,30,32)/b23-14+. The minimum absolute atomic E-state index is 0.159. The number of halogens is 1. The van der Waals surface area contributed by atoms with Gasteiger partial charge in [-0.2, -0.15) is 0 Å². The lowest BCUT2D eigenvalue weighted by atomic mass is 10.2. The number of hydrogen-bond donors (Lipinski definition) is 2. The highest BCUT2D eigenvalue weighted by Crippen LogP contribution is 2.32. The van der Waals surface area contributed by atoms with Crippen LogP contribution >= 0.6 is 27.7 Å². The fourth-order valence-electron chi connectivity index (χ4n) is 3.41. The zero-order chi connectivity index (χ0) is 26.4. The number of ether oxygens (including phenoxy) is 1. The van der Waals surface area contributed by atoms with Gasteiger partial charge in [0, 0.05) is 10.2 Å². The molecule has 1 fully saturated rings. The van der Waals surface area contributed by atoms with Gasteiger partial charge in [0.1, 0.15) is 12.3 Å². The number of carbonyl (C=O) groups is 4. The number of carbonyl (C=O) groups excluding carboxylic acids is 4. The van der Waals surface area contributed by atoms with Gasteiger partial charge in [-0.1, -0.05) is 36.4 Å². The van der Waals surface area contributed by atoms with Crippen LogP contribution in [0.3, 0.4) is 0 Å². The van der Waals surface area contributed by atoms with Gasteiger partial charge in [-0.3, -0.25) is 24.1 Å². The van der Waals surface area contributed by atoms with Gasteiger partial charge < -0.3 is 15.4 Å². The summed E-state index contributed by atoms with van der Waals surface area (Å²) < 4.78 is 6.23. The first-order valence-electron chi connectivity index (χ1n) is 11.2. The number of nitrogens with zero attached hydrogens (tertiary/aromatic N) is 1. The average Bonchev–Trinajstić information content (AvgIpc) is 3.12. The zero-order valence-electron chi connectivity index (χ0n) is 19.7. The first-order valence-corrected chi connectivity index (χ1v) is 12.8.